The topological polar surface area (TPSA) is 84.0 Å². The first-order valence-electron chi connectivity index (χ1n) is 6.88. The first-order valence-corrected chi connectivity index (χ1v) is 8.66. The molecule has 1 aromatic heterocycles. The molecule has 8 heteroatoms. The van der Waals surface area contributed by atoms with Gasteiger partial charge < -0.3 is 10.6 Å². The van der Waals surface area contributed by atoms with Crippen molar-refractivity contribution in [3.63, 3.8) is 0 Å². The predicted molar refractivity (Wildman–Crippen MR) is 94.4 cm³/mol. The van der Waals surface area contributed by atoms with Gasteiger partial charge in [0.2, 0.25) is 11.8 Å². The number of halogens is 1. The zero-order valence-corrected chi connectivity index (χ0v) is 14.8. The Bertz CT molecular complexity index is 677. The van der Waals surface area contributed by atoms with E-state index >= 15 is 0 Å². The van der Waals surface area contributed by atoms with Crippen molar-refractivity contribution in [3.8, 4) is 0 Å². The Morgan fingerprint density at radius 3 is 2.39 bits per heavy atom. The summed E-state index contributed by atoms with van der Waals surface area (Å²) in [6.45, 7) is 1.76. The summed E-state index contributed by atoms with van der Waals surface area (Å²) in [5.41, 5.74) is 0.738. The fraction of sp³-hybridized carbons (Fsp3) is 0.200. The van der Waals surface area contributed by atoms with Crippen molar-refractivity contribution < 1.29 is 9.59 Å². The Hall–Kier alpha value is -1.93. The summed E-state index contributed by atoms with van der Waals surface area (Å²) in [6, 6.07) is 10.7. The van der Waals surface area contributed by atoms with Crippen molar-refractivity contribution in [2.75, 3.05) is 16.4 Å². The first-order chi connectivity index (χ1) is 11.1. The lowest BCUT2D eigenvalue weighted by Crippen LogP contribution is -2.14. The predicted octanol–water partition coefficient (Wildman–Crippen LogP) is 3.32. The van der Waals surface area contributed by atoms with Crippen LogP contribution in [-0.4, -0.2) is 27.8 Å². The van der Waals surface area contributed by atoms with Crippen LogP contribution < -0.4 is 10.6 Å². The van der Waals surface area contributed by atoms with Gasteiger partial charge in [-0.15, -0.1) is 10.2 Å². The third kappa shape index (κ3) is 5.99. The molecular formula is C15H15BrN4O2S. The largest absolute Gasteiger partial charge is 0.325 e. The number of thioether (sulfide) groups is 1. The Balaban J connectivity index is 1.82. The molecule has 6 nitrogen and oxygen atoms in total. The van der Waals surface area contributed by atoms with Crippen LogP contribution in [0.4, 0.5) is 11.5 Å². The molecule has 2 amide bonds. The number of aromatic nitrogens is 2. The molecule has 23 heavy (non-hydrogen) atoms. The summed E-state index contributed by atoms with van der Waals surface area (Å²) in [5, 5.41) is 13.9. The number of carbonyl (C=O) groups is 2. The molecule has 0 unspecified atom stereocenters. The number of nitrogens with one attached hydrogen (secondary N) is 2. The molecule has 0 spiro atoms. The van der Waals surface area contributed by atoms with Crippen LogP contribution in [0.5, 0.6) is 0 Å². The normalized spacial score (nSPS) is 10.2. The minimum absolute atomic E-state index is 0.117. The van der Waals surface area contributed by atoms with Crippen molar-refractivity contribution in [1.29, 1.82) is 0 Å². The molecule has 0 atom stereocenters. The number of benzene rings is 1. The highest BCUT2D eigenvalue weighted by Crippen LogP contribution is 2.17. The van der Waals surface area contributed by atoms with E-state index in [4.69, 9.17) is 0 Å². The molecule has 1 aromatic carbocycles. The second kappa shape index (κ2) is 8.64. The van der Waals surface area contributed by atoms with Gasteiger partial charge in [0.1, 0.15) is 5.03 Å². The Labute approximate surface area is 146 Å². The molecule has 0 aliphatic heterocycles. The van der Waals surface area contributed by atoms with Gasteiger partial charge in [-0.1, -0.05) is 34.6 Å². The van der Waals surface area contributed by atoms with Crippen molar-refractivity contribution >= 4 is 51.0 Å². The van der Waals surface area contributed by atoms with Crippen molar-refractivity contribution in [1.82, 2.24) is 10.2 Å². The molecule has 0 aliphatic carbocycles. The fourth-order valence-electron chi connectivity index (χ4n) is 1.56. The average molecular weight is 395 g/mol. The summed E-state index contributed by atoms with van der Waals surface area (Å²) in [5.74, 6) is 0.391. The van der Waals surface area contributed by atoms with E-state index in [-0.39, 0.29) is 17.6 Å². The maximum Gasteiger partial charge on any atom is 0.234 e. The number of rotatable bonds is 6. The van der Waals surface area contributed by atoms with Crippen LogP contribution in [0.25, 0.3) is 0 Å². The minimum atomic E-state index is -0.123. The maximum atomic E-state index is 11.9. The first kappa shape index (κ1) is 17.4. The van der Waals surface area contributed by atoms with E-state index in [1.165, 1.54) is 11.8 Å². The molecule has 0 aliphatic rings. The third-order valence-corrected chi connectivity index (χ3v) is 4.16. The van der Waals surface area contributed by atoms with E-state index in [0.717, 1.165) is 10.2 Å². The molecule has 1 heterocycles. The molecule has 0 fully saturated rings. The van der Waals surface area contributed by atoms with Gasteiger partial charge in [-0.3, -0.25) is 9.59 Å². The smallest absolute Gasteiger partial charge is 0.234 e. The Morgan fingerprint density at radius 1 is 1.04 bits per heavy atom. The van der Waals surface area contributed by atoms with Gasteiger partial charge in [0.15, 0.2) is 5.82 Å². The number of hydrogen-bond acceptors (Lipinski definition) is 5. The second-order valence-corrected chi connectivity index (χ2v) is 6.41. The van der Waals surface area contributed by atoms with Crippen LogP contribution in [0, 0.1) is 0 Å². The van der Waals surface area contributed by atoms with Gasteiger partial charge in [-0.2, -0.15) is 0 Å². The van der Waals surface area contributed by atoms with Crippen LogP contribution >= 0.6 is 27.7 Å². The molecule has 2 rings (SSSR count). The van der Waals surface area contributed by atoms with E-state index in [2.05, 4.69) is 36.8 Å². The van der Waals surface area contributed by atoms with Crippen molar-refractivity contribution in [2.24, 2.45) is 0 Å². The highest BCUT2D eigenvalue weighted by Gasteiger charge is 2.06. The quantitative estimate of drug-likeness (QED) is 0.734. The Kier molecular flexibility index (Phi) is 6.54. The van der Waals surface area contributed by atoms with Gasteiger partial charge in [0.25, 0.3) is 0 Å². The standard InChI is InChI=1S/C15H15BrN4O2S/c1-2-13(21)18-12-7-8-15(20-19-12)23-9-14(22)17-11-5-3-10(16)4-6-11/h3-8H,2,9H2,1H3,(H,17,22)(H,18,19,21). The fourth-order valence-corrected chi connectivity index (χ4v) is 2.44. The van der Waals surface area contributed by atoms with Crippen LogP contribution in [0.2, 0.25) is 0 Å². The number of carbonyl (C=O) groups excluding carboxylic acids is 2. The molecule has 120 valence electrons. The van der Waals surface area contributed by atoms with Crippen LogP contribution in [0.1, 0.15) is 13.3 Å². The van der Waals surface area contributed by atoms with Gasteiger partial charge >= 0.3 is 0 Å². The van der Waals surface area contributed by atoms with Gasteiger partial charge in [-0.05, 0) is 36.4 Å². The van der Waals surface area contributed by atoms with Crippen LogP contribution in [-0.2, 0) is 9.59 Å². The van der Waals surface area contributed by atoms with E-state index in [0.29, 0.717) is 17.3 Å². The molecule has 0 bridgehead atoms. The lowest BCUT2D eigenvalue weighted by molar-refractivity contribution is -0.116. The van der Waals surface area contributed by atoms with E-state index < -0.39 is 0 Å². The second-order valence-electron chi connectivity index (χ2n) is 4.50. The highest BCUT2D eigenvalue weighted by atomic mass is 79.9. The van der Waals surface area contributed by atoms with E-state index in [1.807, 2.05) is 24.3 Å². The summed E-state index contributed by atoms with van der Waals surface area (Å²) in [4.78, 5) is 23.1. The summed E-state index contributed by atoms with van der Waals surface area (Å²) in [6.07, 6.45) is 0.383. The minimum Gasteiger partial charge on any atom is -0.325 e. The molecule has 0 saturated heterocycles. The number of hydrogen-bond donors (Lipinski definition) is 2. The number of anilines is 2. The van der Waals surface area contributed by atoms with Gasteiger partial charge in [0, 0.05) is 16.6 Å². The molecule has 0 saturated carbocycles. The van der Waals surface area contributed by atoms with Crippen LogP contribution in [0.3, 0.4) is 0 Å². The highest BCUT2D eigenvalue weighted by molar-refractivity contribution is 9.10. The number of amides is 2. The van der Waals surface area contributed by atoms with Gasteiger partial charge in [-0.25, -0.2) is 0 Å². The maximum absolute atomic E-state index is 11.9. The number of nitrogens with zero attached hydrogens (tertiary/aromatic N) is 2. The average Bonchev–Trinajstić information content (AvgIpc) is 2.56. The monoisotopic (exact) mass is 394 g/mol. The summed E-state index contributed by atoms with van der Waals surface area (Å²) < 4.78 is 0.954. The third-order valence-electron chi connectivity index (χ3n) is 2.71. The molecule has 2 N–H and O–H groups in total. The lowest BCUT2D eigenvalue weighted by Gasteiger charge is -2.05. The zero-order chi connectivity index (χ0) is 16.7. The molecule has 0 radical (unpaired) electrons. The SMILES string of the molecule is CCC(=O)Nc1ccc(SCC(=O)Nc2ccc(Br)cc2)nn1. The van der Waals surface area contributed by atoms with E-state index in [9.17, 15) is 9.59 Å². The molecule has 2 aromatic rings. The van der Waals surface area contributed by atoms with Crippen molar-refractivity contribution in [3.05, 3.63) is 40.9 Å². The lowest BCUT2D eigenvalue weighted by atomic mass is 10.3. The van der Waals surface area contributed by atoms with Crippen LogP contribution in [0.15, 0.2) is 45.9 Å². The van der Waals surface area contributed by atoms with Gasteiger partial charge in [0.05, 0.1) is 5.75 Å². The zero-order valence-electron chi connectivity index (χ0n) is 12.4. The Morgan fingerprint density at radius 2 is 1.78 bits per heavy atom. The van der Waals surface area contributed by atoms with Crippen molar-refractivity contribution in [2.45, 2.75) is 18.4 Å². The summed E-state index contributed by atoms with van der Waals surface area (Å²) in [7, 11) is 0. The summed E-state index contributed by atoms with van der Waals surface area (Å²) >= 11 is 4.62. The molecular weight excluding hydrogens is 380 g/mol. The van der Waals surface area contributed by atoms with E-state index in [1.54, 1.807) is 19.1 Å².